The highest BCUT2D eigenvalue weighted by Gasteiger charge is 2.17. The molecule has 0 amide bonds. The molecule has 1 unspecified atom stereocenters. The van der Waals surface area contributed by atoms with Crippen LogP contribution in [0.25, 0.3) is 6.08 Å². The van der Waals surface area contributed by atoms with Crippen molar-refractivity contribution in [1.82, 2.24) is 0 Å². The first-order valence-electron chi connectivity index (χ1n) is 6.00. The molecule has 4 heteroatoms. The normalized spacial score (nSPS) is 12.0. The van der Waals surface area contributed by atoms with E-state index < -0.39 is 11.9 Å². The molecule has 2 aromatic rings. The molecule has 0 aliphatic carbocycles. The van der Waals surface area contributed by atoms with E-state index in [4.69, 9.17) is 4.74 Å². The third-order valence-electron chi connectivity index (χ3n) is 3.05. The molecule has 0 aromatic heterocycles. The van der Waals surface area contributed by atoms with Crippen LogP contribution in [0.5, 0.6) is 5.75 Å². The van der Waals surface area contributed by atoms with Gasteiger partial charge >= 0.3 is 0 Å². The van der Waals surface area contributed by atoms with Gasteiger partial charge in [-0.3, -0.25) is 0 Å². The second-order valence-corrected chi connectivity index (χ2v) is 5.14. The van der Waals surface area contributed by atoms with Gasteiger partial charge in [0.1, 0.15) is 6.10 Å². The van der Waals surface area contributed by atoms with Gasteiger partial charge in [0.05, 0.1) is 7.11 Å². The molecule has 2 rings (SSSR count). The van der Waals surface area contributed by atoms with Gasteiger partial charge in [-0.25, -0.2) is 4.39 Å². The van der Waals surface area contributed by atoms with E-state index in [9.17, 15) is 9.50 Å². The van der Waals surface area contributed by atoms with Crippen LogP contribution in [0.3, 0.4) is 0 Å². The maximum absolute atomic E-state index is 13.5. The molecule has 104 valence electrons. The molecule has 0 radical (unpaired) electrons. The van der Waals surface area contributed by atoms with E-state index >= 15 is 0 Å². The maximum Gasteiger partial charge on any atom is 0.166 e. The predicted molar refractivity (Wildman–Crippen MR) is 81.2 cm³/mol. The van der Waals surface area contributed by atoms with Crippen molar-refractivity contribution in [2.24, 2.45) is 0 Å². The number of aliphatic hydroxyl groups excluding tert-OH is 1. The largest absolute Gasteiger partial charge is 0.494 e. The molecule has 0 aliphatic heterocycles. The van der Waals surface area contributed by atoms with Crippen LogP contribution in [0, 0.1) is 5.82 Å². The van der Waals surface area contributed by atoms with E-state index in [2.05, 4.69) is 22.5 Å². The van der Waals surface area contributed by atoms with Crippen molar-refractivity contribution in [3.63, 3.8) is 0 Å². The van der Waals surface area contributed by atoms with Crippen molar-refractivity contribution in [2.75, 3.05) is 7.11 Å². The van der Waals surface area contributed by atoms with Gasteiger partial charge < -0.3 is 9.84 Å². The van der Waals surface area contributed by atoms with Gasteiger partial charge in [-0.05, 0) is 23.3 Å². The number of aliphatic hydroxyl groups is 1. The average Bonchev–Trinajstić information content (AvgIpc) is 2.47. The molecule has 0 spiro atoms. The second kappa shape index (κ2) is 6.20. The van der Waals surface area contributed by atoms with Gasteiger partial charge in [-0.15, -0.1) is 0 Å². The summed E-state index contributed by atoms with van der Waals surface area (Å²) in [5, 5.41) is 10.4. The smallest absolute Gasteiger partial charge is 0.166 e. The van der Waals surface area contributed by atoms with Crippen LogP contribution in [0.15, 0.2) is 47.4 Å². The summed E-state index contributed by atoms with van der Waals surface area (Å²) in [4.78, 5) is 0. The number of benzene rings is 2. The number of halogens is 2. The fourth-order valence-electron chi connectivity index (χ4n) is 1.90. The summed E-state index contributed by atoms with van der Waals surface area (Å²) in [7, 11) is 1.39. The lowest BCUT2D eigenvalue weighted by Crippen LogP contribution is -2.02. The average molecular weight is 337 g/mol. The lowest BCUT2D eigenvalue weighted by Gasteiger charge is -2.15. The topological polar surface area (TPSA) is 29.5 Å². The highest BCUT2D eigenvalue weighted by Crippen LogP contribution is 2.33. The van der Waals surface area contributed by atoms with Gasteiger partial charge in [0.25, 0.3) is 0 Å². The highest BCUT2D eigenvalue weighted by molar-refractivity contribution is 9.10. The molecule has 0 saturated heterocycles. The fraction of sp³-hybridized carbons (Fsp3) is 0.125. The van der Waals surface area contributed by atoms with Crippen molar-refractivity contribution >= 4 is 22.0 Å². The predicted octanol–water partition coefficient (Wildman–Crippen LogP) is 4.32. The lowest BCUT2D eigenvalue weighted by molar-refractivity contribution is 0.218. The molecular formula is C16H14BrFO2. The molecular weight excluding hydrogens is 323 g/mol. The molecule has 2 aromatic carbocycles. The quantitative estimate of drug-likeness (QED) is 0.900. The number of hydrogen-bond acceptors (Lipinski definition) is 2. The summed E-state index contributed by atoms with van der Waals surface area (Å²) in [6.07, 6.45) is 0.866. The van der Waals surface area contributed by atoms with Crippen molar-refractivity contribution in [2.45, 2.75) is 6.10 Å². The first kappa shape index (κ1) is 14.8. The Hall–Kier alpha value is -1.65. The van der Waals surface area contributed by atoms with E-state index in [1.165, 1.54) is 19.2 Å². The van der Waals surface area contributed by atoms with E-state index in [1.807, 2.05) is 24.3 Å². The Kier molecular flexibility index (Phi) is 4.57. The summed E-state index contributed by atoms with van der Waals surface area (Å²) >= 11 is 3.26. The van der Waals surface area contributed by atoms with Crippen LogP contribution in [0.4, 0.5) is 4.39 Å². The molecule has 20 heavy (non-hydrogen) atoms. The van der Waals surface area contributed by atoms with Gasteiger partial charge in [0.15, 0.2) is 11.6 Å². The SMILES string of the molecule is C=Cc1ccc(C(O)c2cc(OC)c(F)cc2Br)cc1. The summed E-state index contributed by atoms with van der Waals surface area (Å²) in [6, 6.07) is 10.1. The summed E-state index contributed by atoms with van der Waals surface area (Å²) in [6.45, 7) is 3.68. The first-order valence-corrected chi connectivity index (χ1v) is 6.79. The summed E-state index contributed by atoms with van der Waals surface area (Å²) in [5.74, 6) is -0.373. The molecule has 0 saturated carbocycles. The molecule has 1 atom stereocenters. The van der Waals surface area contributed by atoms with Crippen LogP contribution in [-0.4, -0.2) is 12.2 Å². The molecule has 2 nitrogen and oxygen atoms in total. The Bertz CT molecular complexity index is 623. The Morgan fingerprint density at radius 3 is 2.50 bits per heavy atom. The zero-order valence-corrected chi connectivity index (χ0v) is 12.5. The number of hydrogen-bond donors (Lipinski definition) is 1. The summed E-state index contributed by atoms with van der Waals surface area (Å²) in [5.41, 5.74) is 2.23. The van der Waals surface area contributed by atoms with Crippen molar-refractivity contribution < 1.29 is 14.2 Å². The molecule has 0 aliphatic rings. The van der Waals surface area contributed by atoms with E-state index in [-0.39, 0.29) is 5.75 Å². The highest BCUT2D eigenvalue weighted by atomic mass is 79.9. The van der Waals surface area contributed by atoms with Crippen molar-refractivity contribution in [3.8, 4) is 5.75 Å². The van der Waals surface area contributed by atoms with Crippen LogP contribution in [0.2, 0.25) is 0 Å². The molecule has 0 fully saturated rings. The first-order chi connectivity index (χ1) is 9.56. The minimum Gasteiger partial charge on any atom is -0.494 e. The molecule has 1 N–H and O–H groups in total. The molecule has 0 bridgehead atoms. The van der Waals surface area contributed by atoms with Gasteiger partial charge in [-0.2, -0.15) is 0 Å². The van der Waals surface area contributed by atoms with E-state index in [0.29, 0.717) is 15.6 Å². The number of methoxy groups -OCH3 is 1. The lowest BCUT2D eigenvalue weighted by atomic mass is 10.00. The maximum atomic E-state index is 13.5. The third kappa shape index (κ3) is 2.92. The van der Waals surface area contributed by atoms with Gasteiger partial charge in [0.2, 0.25) is 0 Å². The van der Waals surface area contributed by atoms with Gasteiger partial charge in [-0.1, -0.05) is 52.9 Å². The summed E-state index contributed by atoms with van der Waals surface area (Å²) < 4.78 is 19.0. The minimum absolute atomic E-state index is 0.102. The number of ether oxygens (including phenoxy) is 1. The van der Waals surface area contributed by atoms with E-state index in [0.717, 1.165) is 5.56 Å². The van der Waals surface area contributed by atoms with Crippen LogP contribution < -0.4 is 4.74 Å². The standard InChI is InChI=1S/C16H14BrFO2/c1-3-10-4-6-11(7-5-10)16(19)12-8-15(20-2)14(18)9-13(12)17/h3-9,16,19H,1H2,2H3. The van der Waals surface area contributed by atoms with Crippen molar-refractivity contribution in [3.05, 3.63) is 70.0 Å². The van der Waals surface area contributed by atoms with Crippen LogP contribution in [0.1, 0.15) is 22.8 Å². The third-order valence-corrected chi connectivity index (χ3v) is 3.74. The van der Waals surface area contributed by atoms with Crippen LogP contribution in [-0.2, 0) is 0 Å². The second-order valence-electron chi connectivity index (χ2n) is 4.28. The molecule has 0 heterocycles. The zero-order valence-electron chi connectivity index (χ0n) is 10.9. The Labute approximate surface area is 125 Å². The Balaban J connectivity index is 2.41. The van der Waals surface area contributed by atoms with Crippen LogP contribution >= 0.6 is 15.9 Å². The Morgan fingerprint density at radius 2 is 1.95 bits per heavy atom. The minimum atomic E-state index is -0.863. The Morgan fingerprint density at radius 1 is 1.30 bits per heavy atom. The van der Waals surface area contributed by atoms with Gasteiger partial charge in [0, 0.05) is 10.0 Å². The van der Waals surface area contributed by atoms with Crippen molar-refractivity contribution in [1.29, 1.82) is 0 Å². The fourth-order valence-corrected chi connectivity index (χ4v) is 2.44. The monoisotopic (exact) mass is 336 g/mol. The van der Waals surface area contributed by atoms with E-state index in [1.54, 1.807) is 6.08 Å². The number of rotatable bonds is 4. The zero-order chi connectivity index (χ0) is 14.7.